The van der Waals surface area contributed by atoms with E-state index in [9.17, 15) is 4.79 Å². The number of benzene rings is 2. The van der Waals surface area contributed by atoms with Crippen molar-refractivity contribution in [3.63, 3.8) is 0 Å². The van der Waals surface area contributed by atoms with Gasteiger partial charge in [0.15, 0.2) is 0 Å². The highest BCUT2D eigenvalue weighted by Crippen LogP contribution is 2.24. The average molecular weight is 378 g/mol. The van der Waals surface area contributed by atoms with Gasteiger partial charge in [-0.3, -0.25) is 4.79 Å². The van der Waals surface area contributed by atoms with E-state index in [4.69, 9.17) is 9.15 Å². The summed E-state index contributed by atoms with van der Waals surface area (Å²) >= 11 is 0. The van der Waals surface area contributed by atoms with E-state index in [0.29, 0.717) is 0 Å². The summed E-state index contributed by atoms with van der Waals surface area (Å²) in [6.07, 6.45) is 2.40. The van der Waals surface area contributed by atoms with Gasteiger partial charge in [0.1, 0.15) is 5.58 Å². The van der Waals surface area contributed by atoms with Gasteiger partial charge in [-0.15, -0.1) is 0 Å². The van der Waals surface area contributed by atoms with Crippen molar-refractivity contribution in [2.24, 2.45) is 0 Å². The third-order valence-corrected chi connectivity index (χ3v) is 5.10. The van der Waals surface area contributed by atoms with Crippen molar-refractivity contribution in [1.29, 1.82) is 0 Å². The Hall–Kier alpha value is -2.79. The fourth-order valence-corrected chi connectivity index (χ4v) is 3.85. The largest absolute Gasteiger partial charge is 0.464 e. The molecule has 1 saturated heterocycles. The molecule has 0 saturated carbocycles. The minimum Gasteiger partial charge on any atom is -0.464 e. The van der Waals surface area contributed by atoms with E-state index in [0.717, 1.165) is 46.6 Å². The fraction of sp³-hybridized carbons (Fsp3) is 0.348. The molecule has 28 heavy (non-hydrogen) atoms. The summed E-state index contributed by atoms with van der Waals surface area (Å²) in [5.74, 6) is -0.0513. The summed E-state index contributed by atoms with van der Waals surface area (Å²) < 4.78 is 11.4. The van der Waals surface area contributed by atoms with E-state index in [1.54, 1.807) is 6.26 Å². The van der Waals surface area contributed by atoms with Crippen LogP contribution in [0.15, 0.2) is 53.1 Å². The number of rotatable bonds is 4. The summed E-state index contributed by atoms with van der Waals surface area (Å²) in [6, 6.07) is 14.0. The van der Waals surface area contributed by atoms with Gasteiger partial charge in [-0.25, -0.2) is 0 Å². The highest BCUT2D eigenvalue weighted by molar-refractivity contribution is 5.95. The number of fused-ring (bicyclic) bond motifs is 1. The van der Waals surface area contributed by atoms with Crippen LogP contribution in [0.5, 0.6) is 0 Å². The number of carbonyl (C=O) groups is 1. The Balaban J connectivity index is 1.40. The molecule has 0 radical (unpaired) electrons. The third-order valence-electron chi connectivity index (χ3n) is 5.10. The van der Waals surface area contributed by atoms with Gasteiger partial charge in [0, 0.05) is 35.4 Å². The first kappa shape index (κ1) is 18.6. The van der Waals surface area contributed by atoms with Crippen LogP contribution in [-0.4, -0.2) is 31.2 Å². The standard InChI is InChI=1S/C23H26N2O3/c1-15-4-9-21-18(14-27-22(21)10-15)11-23(26)24-19-5-7-20(8-6-19)25-12-16(2)28-17(3)13-25/h4-10,14,16-17H,11-13H2,1-3H3,(H,24,26). The Bertz CT molecular complexity index is 967. The van der Waals surface area contributed by atoms with Gasteiger partial charge < -0.3 is 19.4 Å². The Morgan fingerprint density at radius 2 is 1.82 bits per heavy atom. The summed E-state index contributed by atoms with van der Waals surface area (Å²) in [7, 11) is 0. The number of nitrogens with zero attached hydrogens (tertiary/aromatic N) is 1. The Kier molecular flexibility index (Phi) is 5.09. The molecule has 146 valence electrons. The maximum Gasteiger partial charge on any atom is 0.228 e. The van der Waals surface area contributed by atoms with Crippen LogP contribution in [0.4, 0.5) is 11.4 Å². The molecule has 1 N–H and O–H groups in total. The number of amides is 1. The van der Waals surface area contributed by atoms with Crippen molar-refractivity contribution in [2.75, 3.05) is 23.3 Å². The van der Waals surface area contributed by atoms with Gasteiger partial charge in [0.25, 0.3) is 0 Å². The molecule has 5 nitrogen and oxygen atoms in total. The van der Waals surface area contributed by atoms with Crippen LogP contribution in [-0.2, 0) is 16.0 Å². The molecule has 4 rings (SSSR count). The molecule has 2 atom stereocenters. The number of nitrogens with one attached hydrogen (secondary N) is 1. The van der Waals surface area contributed by atoms with Crippen molar-refractivity contribution < 1.29 is 13.9 Å². The Labute approximate surface area is 165 Å². The lowest BCUT2D eigenvalue weighted by molar-refractivity contribution is -0.115. The molecular formula is C23H26N2O3. The second-order valence-corrected chi connectivity index (χ2v) is 7.69. The molecule has 1 aliphatic heterocycles. The minimum absolute atomic E-state index is 0.0513. The van der Waals surface area contributed by atoms with Crippen molar-refractivity contribution in [3.8, 4) is 0 Å². The summed E-state index contributed by atoms with van der Waals surface area (Å²) in [4.78, 5) is 14.8. The third kappa shape index (κ3) is 4.04. The molecule has 1 aromatic heterocycles. The van der Waals surface area contributed by atoms with Crippen LogP contribution in [0.2, 0.25) is 0 Å². The first-order chi connectivity index (χ1) is 13.5. The van der Waals surface area contributed by atoms with Gasteiger partial charge in [0.05, 0.1) is 24.9 Å². The van der Waals surface area contributed by atoms with E-state index >= 15 is 0 Å². The molecule has 2 heterocycles. The molecule has 0 spiro atoms. The van der Waals surface area contributed by atoms with E-state index in [2.05, 4.69) is 36.2 Å². The number of hydrogen-bond donors (Lipinski definition) is 1. The number of furan rings is 1. The highest BCUT2D eigenvalue weighted by atomic mass is 16.5. The zero-order valence-electron chi connectivity index (χ0n) is 16.6. The van der Waals surface area contributed by atoms with Gasteiger partial charge in [-0.2, -0.15) is 0 Å². The molecule has 3 aromatic rings. The molecule has 5 heteroatoms. The highest BCUT2D eigenvalue weighted by Gasteiger charge is 2.22. The lowest BCUT2D eigenvalue weighted by atomic mass is 10.1. The van der Waals surface area contributed by atoms with Gasteiger partial charge in [-0.05, 0) is 56.7 Å². The number of ether oxygens (including phenoxy) is 1. The number of aryl methyl sites for hydroxylation is 1. The second kappa shape index (κ2) is 7.68. The van der Waals surface area contributed by atoms with Crippen LogP contribution < -0.4 is 10.2 Å². The Morgan fingerprint density at radius 1 is 1.11 bits per heavy atom. The molecule has 2 aromatic carbocycles. The maximum atomic E-state index is 12.5. The van der Waals surface area contributed by atoms with Gasteiger partial charge >= 0.3 is 0 Å². The topological polar surface area (TPSA) is 54.7 Å². The van der Waals surface area contributed by atoms with Crippen molar-refractivity contribution >= 4 is 28.3 Å². The second-order valence-electron chi connectivity index (χ2n) is 7.69. The normalized spacial score (nSPS) is 19.8. The Morgan fingerprint density at radius 3 is 2.54 bits per heavy atom. The molecule has 1 aliphatic rings. The molecule has 0 aliphatic carbocycles. The van der Waals surface area contributed by atoms with Crippen molar-refractivity contribution in [3.05, 3.63) is 59.9 Å². The first-order valence-electron chi connectivity index (χ1n) is 9.75. The summed E-state index contributed by atoms with van der Waals surface area (Å²) in [5.41, 5.74) is 4.81. The molecular weight excluding hydrogens is 352 g/mol. The van der Waals surface area contributed by atoms with Crippen LogP contribution in [0.3, 0.4) is 0 Å². The fourth-order valence-electron chi connectivity index (χ4n) is 3.85. The van der Waals surface area contributed by atoms with E-state index in [1.807, 2.05) is 37.3 Å². The lowest BCUT2D eigenvalue weighted by Crippen LogP contribution is -2.45. The smallest absolute Gasteiger partial charge is 0.228 e. The number of morpholine rings is 1. The molecule has 1 fully saturated rings. The van der Waals surface area contributed by atoms with Gasteiger partial charge in [0.2, 0.25) is 5.91 Å². The average Bonchev–Trinajstić information content (AvgIpc) is 3.03. The summed E-state index contributed by atoms with van der Waals surface area (Å²) in [5, 5.41) is 3.97. The monoisotopic (exact) mass is 378 g/mol. The number of hydrogen-bond acceptors (Lipinski definition) is 4. The van der Waals surface area contributed by atoms with Crippen LogP contribution in [0.1, 0.15) is 25.0 Å². The number of anilines is 2. The zero-order chi connectivity index (χ0) is 19.7. The van der Waals surface area contributed by atoms with Gasteiger partial charge in [-0.1, -0.05) is 12.1 Å². The van der Waals surface area contributed by atoms with Crippen molar-refractivity contribution in [2.45, 2.75) is 39.4 Å². The summed E-state index contributed by atoms with van der Waals surface area (Å²) in [6.45, 7) is 7.97. The van der Waals surface area contributed by atoms with Crippen LogP contribution in [0.25, 0.3) is 11.0 Å². The minimum atomic E-state index is -0.0513. The zero-order valence-corrected chi connectivity index (χ0v) is 16.6. The maximum absolute atomic E-state index is 12.5. The predicted molar refractivity (Wildman–Crippen MR) is 112 cm³/mol. The lowest BCUT2D eigenvalue weighted by Gasteiger charge is -2.36. The quantitative estimate of drug-likeness (QED) is 0.724. The van der Waals surface area contributed by atoms with Crippen LogP contribution >= 0.6 is 0 Å². The molecule has 2 unspecified atom stereocenters. The van der Waals surface area contributed by atoms with E-state index in [1.165, 1.54) is 0 Å². The SMILES string of the molecule is Cc1ccc2c(CC(=O)Nc3ccc(N4CC(C)OC(C)C4)cc3)coc2c1. The molecule has 0 bridgehead atoms. The van der Waals surface area contributed by atoms with E-state index < -0.39 is 0 Å². The number of carbonyl (C=O) groups excluding carboxylic acids is 1. The first-order valence-corrected chi connectivity index (χ1v) is 9.75. The predicted octanol–water partition coefficient (Wildman–Crippen LogP) is 4.54. The van der Waals surface area contributed by atoms with Crippen molar-refractivity contribution in [1.82, 2.24) is 0 Å². The molecule has 1 amide bonds. The van der Waals surface area contributed by atoms with Crippen LogP contribution in [0, 0.1) is 6.92 Å². The van der Waals surface area contributed by atoms with E-state index in [-0.39, 0.29) is 24.5 Å².